The van der Waals surface area contributed by atoms with Gasteiger partial charge in [0.15, 0.2) is 0 Å². The van der Waals surface area contributed by atoms with Crippen LogP contribution in [-0.2, 0) is 4.79 Å². The lowest BCUT2D eigenvalue weighted by molar-refractivity contribution is 0.561. The third kappa shape index (κ3) is 3.12. The summed E-state index contributed by atoms with van der Waals surface area (Å²) in [6.45, 7) is 5.70. The maximum absolute atomic E-state index is 9.68. The summed E-state index contributed by atoms with van der Waals surface area (Å²) in [5.74, 6) is 0. The Morgan fingerprint density at radius 1 is 1.56 bits per heavy atom. The Bertz CT molecular complexity index is 162. The summed E-state index contributed by atoms with van der Waals surface area (Å²) in [6.07, 6.45) is 1.41. The Labute approximate surface area is 60.0 Å². The molecule has 0 heterocycles. The molecule has 0 N–H and O–H groups in total. The van der Waals surface area contributed by atoms with Gasteiger partial charge in [-0.3, -0.25) is 0 Å². The van der Waals surface area contributed by atoms with Crippen LogP contribution in [0.25, 0.3) is 0 Å². The first-order valence-corrected chi connectivity index (χ1v) is 3.01. The number of rotatable bonds is 0. The number of hydrogen-bond donors (Lipinski definition) is 0. The van der Waals surface area contributed by atoms with E-state index in [1.165, 1.54) is 6.08 Å². The fourth-order valence-electron chi connectivity index (χ4n) is 0.209. The van der Waals surface area contributed by atoms with Gasteiger partial charge < -0.3 is 0 Å². The SMILES string of the molecule is CC(C)(C)C(=S)N=C=O. The second kappa shape index (κ2) is 2.85. The molecule has 0 saturated heterocycles. The van der Waals surface area contributed by atoms with Crippen molar-refractivity contribution in [1.29, 1.82) is 0 Å². The monoisotopic (exact) mass is 143 g/mol. The highest BCUT2D eigenvalue weighted by molar-refractivity contribution is 7.80. The minimum atomic E-state index is -0.188. The molecule has 9 heavy (non-hydrogen) atoms. The first-order chi connectivity index (χ1) is 3.98. The molecule has 0 saturated carbocycles. The van der Waals surface area contributed by atoms with Crippen molar-refractivity contribution in [1.82, 2.24) is 0 Å². The van der Waals surface area contributed by atoms with Gasteiger partial charge in [-0.1, -0.05) is 33.0 Å². The molecule has 3 heteroatoms. The molecule has 0 aromatic carbocycles. The first-order valence-electron chi connectivity index (χ1n) is 2.61. The van der Waals surface area contributed by atoms with E-state index in [4.69, 9.17) is 12.2 Å². The van der Waals surface area contributed by atoms with E-state index in [1.54, 1.807) is 0 Å². The van der Waals surface area contributed by atoms with E-state index in [-0.39, 0.29) is 5.41 Å². The minimum Gasteiger partial charge on any atom is -0.211 e. The molecule has 0 aromatic heterocycles. The minimum absolute atomic E-state index is 0.188. The van der Waals surface area contributed by atoms with Crippen molar-refractivity contribution in [2.75, 3.05) is 0 Å². The van der Waals surface area contributed by atoms with E-state index in [9.17, 15) is 4.79 Å². The van der Waals surface area contributed by atoms with Crippen LogP contribution in [0.5, 0.6) is 0 Å². The van der Waals surface area contributed by atoms with Crippen molar-refractivity contribution in [3.63, 3.8) is 0 Å². The summed E-state index contributed by atoms with van der Waals surface area (Å²) in [7, 11) is 0. The van der Waals surface area contributed by atoms with Crippen LogP contribution in [0.3, 0.4) is 0 Å². The summed E-state index contributed by atoms with van der Waals surface area (Å²) in [4.78, 5) is 13.4. The molecule has 0 aromatic rings. The van der Waals surface area contributed by atoms with Gasteiger partial charge in [0, 0.05) is 5.41 Å². The Morgan fingerprint density at radius 3 is 2.11 bits per heavy atom. The molecule has 0 radical (unpaired) electrons. The first kappa shape index (κ1) is 8.47. The van der Waals surface area contributed by atoms with Crippen LogP contribution in [-0.4, -0.2) is 11.1 Å². The van der Waals surface area contributed by atoms with Gasteiger partial charge >= 0.3 is 0 Å². The number of isocyanates is 1. The van der Waals surface area contributed by atoms with E-state index < -0.39 is 0 Å². The van der Waals surface area contributed by atoms with E-state index in [0.717, 1.165) is 0 Å². The van der Waals surface area contributed by atoms with Crippen molar-refractivity contribution in [2.24, 2.45) is 10.4 Å². The highest BCUT2D eigenvalue weighted by atomic mass is 32.1. The molecule has 0 aliphatic heterocycles. The van der Waals surface area contributed by atoms with Crippen molar-refractivity contribution in [3.05, 3.63) is 0 Å². The summed E-state index contributed by atoms with van der Waals surface area (Å²) in [5.41, 5.74) is -0.188. The van der Waals surface area contributed by atoms with Gasteiger partial charge in [-0.25, -0.2) is 4.79 Å². The van der Waals surface area contributed by atoms with Gasteiger partial charge in [0.1, 0.15) is 4.99 Å². The fraction of sp³-hybridized carbons (Fsp3) is 0.667. The third-order valence-electron chi connectivity index (χ3n) is 0.789. The lowest BCUT2D eigenvalue weighted by Gasteiger charge is -2.13. The second-order valence-electron chi connectivity index (χ2n) is 2.76. The number of hydrogen-bond acceptors (Lipinski definition) is 2. The highest BCUT2D eigenvalue weighted by Crippen LogP contribution is 2.15. The topological polar surface area (TPSA) is 29.4 Å². The molecule has 0 bridgehead atoms. The van der Waals surface area contributed by atoms with E-state index >= 15 is 0 Å². The van der Waals surface area contributed by atoms with Crippen molar-refractivity contribution in [3.8, 4) is 0 Å². The van der Waals surface area contributed by atoms with Gasteiger partial charge in [0.25, 0.3) is 0 Å². The molecule has 0 aliphatic rings. The molecule has 0 fully saturated rings. The summed E-state index contributed by atoms with van der Waals surface area (Å²) < 4.78 is 0. The zero-order valence-corrected chi connectivity index (χ0v) is 6.58. The van der Waals surface area contributed by atoms with Gasteiger partial charge in [-0.2, -0.15) is 4.99 Å². The predicted molar refractivity (Wildman–Crippen MR) is 40.2 cm³/mol. The van der Waals surface area contributed by atoms with Crippen LogP contribution in [0.15, 0.2) is 4.99 Å². The number of aliphatic imine (C=N–C) groups is 1. The molecule has 0 atom stereocenters. The van der Waals surface area contributed by atoms with Crippen LogP contribution in [0.4, 0.5) is 0 Å². The van der Waals surface area contributed by atoms with Crippen LogP contribution >= 0.6 is 12.2 Å². The molecule has 2 nitrogen and oxygen atoms in total. The van der Waals surface area contributed by atoms with Crippen LogP contribution in [0.1, 0.15) is 20.8 Å². The summed E-state index contributed by atoms with van der Waals surface area (Å²) in [5, 5.41) is 0. The normalized spacial score (nSPS) is 10.1. The van der Waals surface area contributed by atoms with Crippen molar-refractivity contribution in [2.45, 2.75) is 20.8 Å². The largest absolute Gasteiger partial charge is 0.241 e. The molecule has 0 unspecified atom stereocenters. The quantitative estimate of drug-likeness (QED) is 0.293. The van der Waals surface area contributed by atoms with Crippen LogP contribution in [0, 0.1) is 5.41 Å². The third-order valence-corrected chi connectivity index (χ3v) is 1.49. The number of nitrogens with zero attached hydrogens (tertiary/aromatic N) is 1. The zero-order valence-electron chi connectivity index (χ0n) is 5.76. The van der Waals surface area contributed by atoms with Gasteiger partial charge in [0.2, 0.25) is 6.08 Å². The molecular weight excluding hydrogens is 134 g/mol. The molecule has 0 amide bonds. The average molecular weight is 143 g/mol. The van der Waals surface area contributed by atoms with E-state index in [0.29, 0.717) is 4.99 Å². The standard InChI is InChI=1S/C6H9NOS/c1-6(2,3)5(9)7-4-8/h1-3H3. The van der Waals surface area contributed by atoms with Gasteiger partial charge in [-0.05, 0) is 0 Å². The molecule has 0 rings (SSSR count). The van der Waals surface area contributed by atoms with Crippen LogP contribution in [0.2, 0.25) is 0 Å². The molecular formula is C6H9NOS. The smallest absolute Gasteiger partial charge is 0.211 e. The van der Waals surface area contributed by atoms with Gasteiger partial charge in [0.05, 0.1) is 0 Å². The Hall–Kier alpha value is -0.530. The Balaban J connectivity index is 4.22. The second-order valence-corrected chi connectivity index (χ2v) is 3.14. The number of carbonyl (C=O) groups excluding carboxylic acids is 1. The maximum Gasteiger partial charge on any atom is 0.241 e. The molecule has 0 spiro atoms. The van der Waals surface area contributed by atoms with Crippen molar-refractivity contribution < 1.29 is 4.79 Å². The fourth-order valence-corrected chi connectivity index (χ4v) is 0.246. The van der Waals surface area contributed by atoms with E-state index in [2.05, 4.69) is 4.99 Å². The molecule has 0 aliphatic carbocycles. The predicted octanol–water partition coefficient (Wildman–Crippen LogP) is 1.70. The Kier molecular flexibility index (Phi) is 2.68. The van der Waals surface area contributed by atoms with Gasteiger partial charge in [-0.15, -0.1) is 0 Å². The lowest BCUT2D eigenvalue weighted by Crippen LogP contribution is -2.15. The van der Waals surface area contributed by atoms with Crippen molar-refractivity contribution >= 4 is 23.3 Å². The highest BCUT2D eigenvalue weighted by Gasteiger charge is 2.15. The number of thiocarbonyl (C=S) groups is 1. The summed E-state index contributed by atoms with van der Waals surface area (Å²) in [6, 6.07) is 0. The maximum atomic E-state index is 9.68. The average Bonchev–Trinajstić information content (AvgIpc) is 1.64. The lowest BCUT2D eigenvalue weighted by atomic mass is 9.97. The van der Waals surface area contributed by atoms with Crippen LogP contribution < -0.4 is 0 Å². The molecule has 50 valence electrons. The van der Waals surface area contributed by atoms with E-state index in [1.807, 2.05) is 20.8 Å². The Morgan fingerprint density at radius 2 is 2.00 bits per heavy atom. The summed E-state index contributed by atoms with van der Waals surface area (Å²) >= 11 is 4.76. The zero-order chi connectivity index (χ0) is 7.49.